The highest BCUT2D eigenvalue weighted by Gasteiger charge is 2.38. The van der Waals surface area contributed by atoms with Crippen molar-refractivity contribution in [1.82, 2.24) is 0 Å². The summed E-state index contributed by atoms with van der Waals surface area (Å²) < 4.78 is 11.1. The first kappa shape index (κ1) is 21.9. The highest BCUT2D eigenvalue weighted by molar-refractivity contribution is 5.86. The smallest absolute Gasteiger partial charge is 0.330 e. The molecule has 0 saturated carbocycles. The first-order valence-corrected chi connectivity index (χ1v) is 11.8. The zero-order valence-corrected chi connectivity index (χ0v) is 19.9. The Kier molecular flexibility index (Phi) is 5.66. The van der Waals surface area contributed by atoms with Crippen molar-refractivity contribution in [2.24, 2.45) is 0 Å². The van der Waals surface area contributed by atoms with Gasteiger partial charge in [0, 0.05) is 24.0 Å². The number of ether oxygens (including phenoxy) is 1. The second-order valence-corrected chi connectivity index (χ2v) is 10.6. The molecule has 0 amide bonds. The highest BCUT2D eigenvalue weighted by atomic mass is 16.5. The SMILES string of the molecule is CCOC(=O)C=Cc1cc2c(o1)CCCC2c1cc2c(cc1C)C(C)(C)CCC2(C)C. The first-order valence-electron chi connectivity index (χ1n) is 11.8. The topological polar surface area (TPSA) is 39.4 Å². The molecular weight excluding hydrogens is 384 g/mol. The van der Waals surface area contributed by atoms with Crippen LogP contribution in [0.15, 0.2) is 28.7 Å². The van der Waals surface area contributed by atoms with Gasteiger partial charge in [-0.1, -0.05) is 39.8 Å². The highest BCUT2D eigenvalue weighted by Crippen LogP contribution is 2.49. The van der Waals surface area contributed by atoms with Crippen molar-refractivity contribution in [2.75, 3.05) is 6.61 Å². The van der Waals surface area contributed by atoms with Crippen LogP contribution < -0.4 is 0 Å². The predicted molar refractivity (Wildman–Crippen MR) is 126 cm³/mol. The third-order valence-corrected chi connectivity index (χ3v) is 7.42. The molecule has 1 heterocycles. The van der Waals surface area contributed by atoms with Crippen LogP contribution in [0, 0.1) is 6.92 Å². The number of hydrogen-bond donors (Lipinski definition) is 0. The third-order valence-electron chi connectivity index (χ3n) is 7.42. The van der Waals surface area contributed by atoms with Gasteiger partial charge >= 0.3 is 5.97 Å². The number of hydrogen-bond acceptors (Lipinski definition) is 3. The number of furan rings is 1. The lowest BCUT2D eigenvalue weighted by Gasteiger charge is -2.43. The van der Waals surface area contributed by atoms with Gasteiger partial charge < -0.3 is 9.15 Å². The van der Waals surface area contributed by atoms with Gasteiger partial charge in [-0.3, -0.25) is 0 Å². The summed E-state index contributed by atoms with van der Waals surface area (Å²) in [5.41, 5.74) is 7.57. The van der Waals surface area contributed by atoms with Gasteiger partial charge in [0.1, 0.15) is 11.5 Å². The minimum Gasteiger partial charge on any atom is -0.463 e. The van der Waals surface area contributed by atoms with E-state index in [9.17, 15) is 4.79 Å². The lowest BCUT2D eigenvalue weighted by atomic mass is 9.62. The summed E-state index contributed by atoms with van der Waals surface area (Å²) in [6.07, 6.45) is 8.86. The van der Waals surface area contributed by atoms with Crippen LogP contribution >= 0.6 is 0 Å². The van der Waals surface area contributed by atoms with Crippen molar-refractivity contribution in [3.05, 3.63) is 63.6 Å². The number of carbonyl (C=O) groups excluding carboxylic acids is 1. The van der Waals surface area contributed by atoms with Gasteiger partial charge in [0.15, 0.2) is 0 Å². The Morgan fingerprint density at radius 1 is 1.10 bits per heavy atom. The van der Waals surface area contributed by atoms with Crippen molar-refractivity contribution in [1.29, 1.82) is 0 Å². The lowest BCUT2D eigenvalue weighted by Crippen LogP contribution is -2.34. The maximum Gasteiger partial charge on any atom is 0.330 e. The van der Waals surface area contributed by atoms with Crippen LogP contribution in [0.25, 0.3) is 6.08 Å². The van der Waals surface area contributed by atoms with Gasteiger partial charge in [0.2, 0.25) is 0 Å². The molecule has 1 atom stereocenters. The van der Waals surface area contributed by atoms with Crippen LogP contribution in [0.3, 0.4) is 0 Å². The Balaban J connectivity index is 1.73. The molecule has 2 aliphatic rings. The van der Waals surface area contributed by atoms with Gasteiger partial charge in [0.05, 0.1) is 6.61 Å². The molecule has 166 valence electrons. The second-order valence-electron chi connectivity index (χ2n) is 10.6. The molecule has 0 fully saturated rings. The van der Waals surface area contributed by atoms with E-state index < -0.39 is 0 Å². The maximum atomic E-state index is 11.7. The average Bonchev–Trinajstić information content (AvgIpc) is 3.13. The fourth-order valence-corrected chi connectivity index (χ4v) is 5.44. The van der Waals surface area contributed by atoms with E-state index in [1.54, 1.807) is 6.08 Å². The largest absolute Gasteiger partial charge is 0.463 e. The molecule has 31 heavy (non-hydrogen) atoms. The normalized spacial score (nSPS) is 21.5. The predicted octanol–water partition coefficient (Wildman–Crippen LogP) is 6.98. The first-order chi connectivity index (χ1) is 14.6. The second kappa shape index (κ2) is 8.00. The molecule has 1 aromatic carbocycles. The fourth-order valence-electron chi connectivity index (χ4n) is 5.44. The van der Waals surface area contributed by atoms with Crippen LogP contribution in [0.1, 0.15) is 106 Å². The number of esters is 1. The summed E-state index contributed by atoms with van der Waals surface area (Å²) in [6, 6.07) is 7.09. The summed E-state index contributed by atoms with van der Waals surface area (Å²) in [4.78, 5) is 11.7. The number of benzene rings is 1. The van der Waals surface area contributed by atoms with Crippen LogP contribution in [-0.2, 0) is 26.8 Å². The van der Waals surface area contributed by atoms with Crippen LogP contribution in [0.4, 0.5) is 0 Å². The van der Waals surface area contributed by atoms with Crippen molar-refractivity contribution in [3.63, 3.8) is 0 Å². The Labute approximate surface area is 186 Å². The number of aryl methyl sites for hydroxylation is 2. The molecule has 0 spiro atoms. The number of fused-ring (bicyclic) bond motifs is 2. The molecule has 0 radical (unpaired) electrons. The minimum absolute atomic E-state index is 0.203. The van der Waals surface area contributed by atoms with Gasteiger partial charge in [-0.05, 0) is 84.8 Å². The maximum absolute atomic E-state index is 11.7. The van der Waals surface area contributed by atoms with E-state index in [4.69, 9.17) is 9.15 Å². The average molecular weight is 421 g/mol. The fraction of sp³-hybridized carbons (Fsp3) is 0.536. The zero-order chi connectivity index (χ0) is 22.4. The molecule has 1 aromatic heterocycles. The number of rotatable bonds is 4. The van der Waals surface area contributed by atoms with Crippen molar-refractivity contribution in [2.45, 2.75) is 90.4 Å². The summed E-state index contributed by atoms with van der Waals surface area (Å²) in [5.74, 6) is 1.82. The minimum atomic E-state index is -0.330. The Morgan fingerprint density at radius 2 is 1.77 bits per heavy atom. The molecule has 1 unspecified atom stereocenters. The van der Waals surface area contributed by atoms with Crippen LogP contribution in [0.5, 0.6) is 0 Å². The molecule has 3 nitrogen and oxygen atoms in total. The van der Waals surface area contributed by atoms with Crippen molar-refractivity contribution < 1.29 is 13.9 Å². The molecule has 0 saturated heterocycles. The molecule has 4 rings (SSSR count). The summed E-state index contributed by atoms with van der Waals surface area (Å²) in [6.45, 7) is 14.0. The van der Waals surface area contributed by atoms with Gasteiger partial charge in [-0.25, -0.2) is 4.79 Å². The van der Waals surface area contributed by atoms with Crippen LogP contribution in [-0.4, -0.2) is 12.6 Å². The Hall–Kier alpha value is -2.29. The summed E-state index contributed by atoms with van der Waals surface area (Å²) >= 11 is 0. The number of carbonyl (C=O) groups is 1. The Morgan fingerprint density at radius 3 is 2.45 bits per heavy atom. The van der Waals surface area contributed by atoms with E-state index in [0.717, 1.165) is 30.8 Å². The van der Waals surface area contributed by atoms with Crippen molar-refractivity contribution in [3.8, 4) is 0 Å². The van der Waals surface area contributed by atoms with Crippen molar-refractivity contribution >= 4 is 12.0 Å². The van der Waals surface area contributed by atoms with Gasteiger partial charge in [-0.15, -0.1) is 0 Å². The van der Waals surface area contributed by atoms with Gasteiger partial charge in [-0.2, -0.15) is 0 Å². The quantitative estimate of drug-likeness (QED) is 0.395. The molecule has 0 aliphatic heterocycles. The van der Waals surface area contributed by atoms with E-state index in [0.29, 0.717) is 12.5 Å². The molecule has 0 N–H and O–H groups in total. The summed E-state index contributed by atoms with van der Waals surface area (Å²) in [7, 11) is 0. The standard InChI is InChI=1S/C28H36O3/c1-7-30-26(29)12-11-19-16-22-20(9-8-10-25(22)31-19)21-17-24-23(15-18(21)2)27(3,4)13-14-28(24,5)6/h11-12,15-17,20H,7-10,13-14H2,1-6H3. The van der Waals surface area contributed by atoms with Gasteiger partial charge in [0.25, 0.3) is 0 Å². The Bertz CT molecular complexity index is 1020. The molecule has 2 aliphatic carbocycles. The molecule has 0 bridgehead atoms. The molecular formula is C28H36O3. The van der Waals surface area contributed by atoms with E-state index in [1.807, 2.05) is 6.92 Å². The van der Waals surface area contributed by atoms with E-state index in [1.165, 1.54) is 46.7 Å². The van der Waals surface area contributed by atoms with E-state index in [2.05, 4.69) is 52.8 Å². The molecule has 2 aromatic rings. The third kappa shape index (κ3) is 4.12. The molecule has 3 heteroatoms. The zero-order valence-electron chi connectivity index (χ0n) is 19.9. The van der Waals surface area contributed by atoms with E-state index >= 15 is 0 Å². The monoisotopic (exact) mass is 420 g/mol. The van der Waals surface area contributed by atoms with E-state index in [-0.39, 0.29) is 16.8 Å². The lowest BCUT2D eigenvalue weighted by molar-refractivity contribution is -0.137. The summed E-state index contributed by atoms with van der Waals surface area (Å²) in [5, 5.41) is 0. The van der Waals surface area contributed by atoms with Crippen LogP contribution in [0.2, 0.25) is 0 Å².